The Bertz CT molecular complexity index is 300. The van der Waals surface area contributed by atoms with Crippen molar-refractivity contribution in [3.63, 3.8) is 0 Å². The molecule has 0 spiro atoms. The number of rotatable bonds is 7. The third-order valence-electron chi connectivity index (χ3n) is 2.17. The van der Waals surface area contributed by atoms with Gasteiger partial charge in [0.2, 0.25) is 5.91 Å². The number of nitrogens with zero attached hydrogens (tertiary/aromatic N) is 1. The molecule has 0 saturated carbocycles. The minimum Gasteiger partial charge on any atom is -0.396 e. The molecule has 0 aliphatic heterocycles. The zero-order chi connectivity index (χ0) is 11.8. The van der Waals surface area contributed by atoms with Crippen molar-refractivity contribution in [3.05, 3.63) is 18.2 Å². The largest absolute Gasteiger partial charge is 0.396 e. The number of carbonyl (C=O) groups is 1. The molecule has 1 aromatic rings. The molecule has 0 bridgehead atoms. The summed E-state index contributed by atoms with van der Waals surface area (Å²) in [6.45, 7) is -0.123. The van der Waals surface area contributed by atoms with E-state index < -0.39 is 0 Å². The maximum Gasteiger partial charge on any atom is 0.220 e. The van der Waals surface area contributed by atoms with Crippen molar-refractivity contribution in [2.45, 2.75) is 25.3 Å². The fourth-order valence-electron chi connectivity index (χ4n) is 1.36. The molecule has 1 heterocycles. The number of aromatic amines is 1. The first-order valence-corrected chi connectivity index (χ1v) is 5.24. The first-order chi connectivity index (χ1) is 7.76. The topological polar surface area (TPSA) is 98.2 Å². The molecule has 1 aromatic heterocycles. The number of amides is 1. The molecule has 0 radical (unpaired) electrons. The second-order valence-electron chi connectivity index (χ2n) is 3.56. The van der Waals surface area contributed by atoms with Crippen LogP contribution in [0, 0.1) is 0 Å². The van der Waals surface area contributed by atoms with Crippen LogP contribution in [0.2, 0.25) is 0 Å². The van der Waals surface area contributed by atoms with Crippen molar-refractivity contribution in [2.75, 3.05) is 13.2 Å². The van der Waals surface area contributed by atoms with Crippen LogP contribution in [0.3, 0.4) is 0 Å². The third kappa shape index (κ3) is 4.41. The standard InChI is InChI=1S/C10H17N3O3/c14-3-1-2-10(16)13-9(6-15)4-8-5-11-7-12-8/h5,7,9,14-15H,1-4,6H2,(H,11,12)(H,13,16). The zero-order valence-electron chi connectivity index (χ0n) is 9.02. The molecular formula is C10H17N3O3. The number of aliphatic hydroxyl groups is 2. The van der Waals surface area contributed by atoms with E-state index in [0.717, 1.165) is 5.69 Å². The number of nitrogens with one attached hydrogen (secondary N) is 2. The van der Waals surface area contributed by atoms with Gasteiger partial charge in [0.15, 0.2) is 0 Å². The van der Waals surface area contributed by atoms with Gasteiger partial charge in [-0.15, -0.1) is 0 Å². The molecule has 1 rings (SSSR count). The Labute approximate surface area is 93.7 Å². The first-order valence-electron chi connectivity index (χ1n) is 5.24. The number of aromatic nitrogens is 2. The number of aliphatic hydroxyl groups excluding tert-OH is 2. The second-order valence-corrected chi connectivity index (χ2v) is 3.56. The summed E-state index contributed by atoms with van der Waals surface area (Å²) < 4.78 is 0. The average Bonchev–Trinajstić information content (AvgIpc) is 2.78. The van der Waals surface area contributed by atoms with Gasteiger partial charge in [0.1, 0.15) is 0 Å². The van der Waals surface area contributed by atoms with Gasteiger partial charge in [-0.1, -0.05) is 0 Å². The quantitative estimate of drug-likeness (QED) is 0.490. The Morgan fingerprint density at radius 1 is 1.56 bits per heavy atom. The number of H-pyrrole nitrogens is 1. The Balaban J connectivity index is 2.34. The molecule has 6 heteroatoms. The highest BCUT2D eigenvalue weighted by Gasteiger charge is 2.12. The van der Waals surface area contributed by atoms with E-state index in [-0.39, 0.29) is 31.6 Å². The van der Waals surface area contributed by atoms with Crippen LogP contribution in [0.4, 0.5) is 0 Å². The van der Waals surface area contributed by atoms with Gasteiger partial charge in [0.05, 0.1) is 19.0 Å². The lowest BCUT2D eigenvalue weighted by atomic mass is 10.1. The smallest absolute Gasteiger partial charge is 0.220 e. The lowest BCUT2D eigenvalue weighted by Gasteiger charge is -2.15. The molecule has 1 amide bonds. The average molecular weight is 227 g/mol. The minimum atomic E-state index is -0.313. The Morgan fingerprint density at radius 2 is 2.38 bits per heavy atom. The van der Waals surface area contributed by atoms with E-state index in [9.17, 15) is 4.79 Å². The normalized spacial score (nSPS) is 12.4. The van der Waals surface area contributed by atoms with Gasteiger partial charge in [-0.3, -0.25) is 4.79 Å². The maximum atomic E-state index is 11.3. The van der Waals surface area contributed by atoms with Crippen LogP contribution in [-0.2, 0) is 11.2 Å². The highest BCUT2D eigenvalue weighted by atomic mass is 16.3. The molecule has 90 valence electrons. The second kappa shape index (κ2) is 6.97. The summed E-state index contributed by atoms with van der Waals surface area (Å²) in [6.07, 6.45) is 4.44. The van der Waals surface area contributed by atoms with Gasteiger partial charge in [0.25, 0.3) is 0 Å². The van der Waals surface area contributed by atoms with Crippen LogP contribution < -0.4 is 5.32 Å². The van der Waals surface area contributed by atoms with E-state index in [4.69, 9.17) is 10.2 Å². The van der Waals surface area contributed by atoms with Crippen LogP contribution in [0.1, 0.15) is 18.5 Å². The van der Waals surface area contributed by atoms with Crippen molar-refractivity contribution >= 4 is 5.91 Å². The summed E-state index contributed by atoms with van der Waals surface area (Å²) in [4.78, 5) is 18.1. The molecule has 0 aliphatic rings. The number of carbonyl (C=O) groups excluding carboxylic acids is 1. The summed E-state index contributed by atoms with van der Waals surface area (Å²) in [7, 11) is 0. The first kappa shape index (κ1) is 12.7. The Morgan fingerprint density at radius 3 is 2.94 bits per heavy atom. The van der Waals surface area contributed by atoms with Crippen LogP contribution in [0.15, 0.2) is 12.5 Å². The molecule has 6 nitrogen and oxygen atoms in total. The molecule has 0 fully saturated rings. The summed E-state index contributed by atoms with van der Waals surface area (Å²) in [5, 5.41) is 20.4. The van der Waals surface area contributed by atoms with E-state index >= 15 is 0 Å². The molecule has 1 atom stereocenters. The predicted octanol–water partition coefficient (Wildman–Crippen LogP) is -0.798. The van der Waals surface area contributed by atoms with Crippen molar-refractivity contribution in [2.24, 2.45) is 0 Å². The zero-order valence-corrected chi connectivity index (χ0v) is 9.02. The fraction of sp³-hybridized carbons (Fsp3) is 0.600. The van der Waals surface area contributed by atoms with Crippen LogP contribution >= 0.6 is 0 Å². The number of imidazole rings is 1. The SMILES string of the molecule is O=C(CCCO)NC(CO)Cc1cnc[nH]1. The van der Waals surface area contributed by atoms with Crippen molar-refractivity contribution in [3.8, 4) is 0 Å². The van der Waals surface area contributed by atoms with Crippen molar-refractivity contribution in [1.29, 1.82) is 0 Å². The molecular weight excluding hydrogens is 210 g/mol. The number of hydrogen-bond acceptors (Lipinski definition) is 4. The van der Waals surface area contributed by atoms with E-state index in [2.05, 4.69) is 15.3 Å². The molecule has 0 aromatic carbocycles. The van der Waals surface area contributed by atoms with E-state index in [1.165, 1.54) is 0 Å². The summed E-state index contributed by atoms with van der Waals surface area (Å²) in [5.41, 5.74) is 0.863. The van der Waals surface area contributed by atoms with Crippen molar-refractivity contribution in [1.82, 2.24) is 15.3 Å². The van der Waals surface area contributed by atoms with Gasteiger partial charge in [-0.2, -0.15) is 0 Å². The van der Waals surface area contributed by atoms with Crippen molar-refractivity contribution < 1.29 is 15.0 Å². The van der Waals surface area contributed by atoms with Gasteiger partial charge in [-0.05, 0) is 6.42 Å². The molecule has 4 N–H and O–H groups in total. The Kier molecular flexibility index (Phi) is 5.52. The summed E-state index contributed by atoms with van der Waals surface area (Å²) >= 11 is 0. The third-order valence-corrected chi connectivity index (χ3v) is 2.17. The molecule has 0 aliphatic carbocycles. The predicted molar refractivity (Wildman–Crippen MR) is 57.6 cm³/mol. The van der Waals surface area contributed by atoms with Gasteiger partial charge in [-0.25, -0.2) is 4.98 Å². The number of hydrogen-bond donors (Lipinski definition) is 4. The lowest BCUT2D eigenvalue weighted by Crippen LogP contribution is -2.39. The monoisotopic (exact) mass is 227 g/mol. The summed E-state index contributed by atoms with van der Waals surface area (Å²) in [6, 6.07) is -0.313. The Hall–Kier alpha value is -1.40. The summed E-state index contributed by atoms with van der Waals surface area (Å²) in [5.74, 6) is -0.160. The van der Waals surface area contributed by atoms with E-state index in [1.807, 2.05) is 0 Å². The molecule has 16 heavy (non-hydrogen) atoms. The maximum absolute atomic E-state index is 11.3. The molecule has 0 saturated heterocycles. The van der Waals surface area contributed by atoms with Gasteiger partial charge in [0, 0.05) is 31.3 Å². The van der Waals surface area contributed by atoms with E-state index in [1.54, 1.807) is 12.5 Å². The van der Waals surface area contributed by atoms with Gasteiger partial charge < -0.3 is 20.5 Å². The highest BCUT2D eigenvalue weighted by molar-refractivity contribution is 5.76. The van der Waals surface area contributed by atoms with Crippen LogP contribution in [-0.4, -0.2) is 45.3 Å². The van der Waals surface area contributed by atoms with Crippen LogP contribution in [0.5, 0.6) is 0 Å². The lowest BCUT2D eigenvalue weighted by molar-refractivity contribution is -0.122. The minimum absolute atomic E-state index is 0.00222. The van der Waals surface area contributed by atoms with E-state index in [0.29, 0.717) is 12.8 Å². The van der Waals surface area contributed by atoms with Gasteiger partial charge >= 0.3 is 0 Å². The van der Waals surface area contributed by atoms with Crippen LogP contribution in [0.25, 0.3) is 0 Å². The molecule has 1 unspecified atom stereocenters. The fourth-order valence-corrected chi connectivity index (χ4v) is 1.36. The highest BCUT2D eigenvalue weighted by Crippen LogP contribution is 1.99.